The maximum Gasteiger partial charge on any atom is 0.167 e. The SMILES string of the molecule is COc1ccc(CC(=O)c2cccc(C3CCC3)c2)cc1. The molecular formula is C19H20O2. The zero-order chi connectivity index (χ0) is 14.7. The van der Waals surface area contributed by atoms with Gasteiger partial charge in [-0.15, -0.1) is 0 Å². The molecule has 108 valence electrons. The summed E-state index contributed by atoms with van der Waals surface area (Å²) in [7, 11) is 1.64. The average molecular weight is 280 g/mol. The first-order chi connectivity index (χ1) is 10.3. The number of rotatable bonds is 5. The van der Waals surface area contributed by atoms with E-state index in [1.165, 1.54) is 24.8 Å². The van der Waals surface area contributed by atoms with Crippen molar-refractivity contribution in [1.29, 1.82) is 0 Å². The Bertz CT molecular complexity index is 624. The minimum atomic E-state index is 0.182. The van der Waals surface area contributed by atoms with E-state index in [-0.39, 0.29) is 5.78 Å². The first kappa shape index (κ1) is 13.9. The second kappa shape index (κ2) is 6.13. The highest BCUT2D eigenvalue weighted by molar-refractivity contribution is 5.97. The van der Waals surface area contributed by atoms with Gasteiger partial charge >= 0.3 is 0 Å². The van der Waals surface area contributed by atoms with Crippen molar-refractivity contribution in [2.45, 2.75) is 31.6 Å². The van der Waals surface area contributed by atoms with E-state index >= 15 is 0 Å². The summed E-state index contributed by atoms with van der Waals surface area (Å²) in [6.45, 7) is 0. The van der Waals surface area contributed by atoms with Crippen LogP contribution in [0, 0.1) is 0 Å². The van der Waals surface area contributed by atoms with Crippen LogP contribution in [0.15, 0.2) is 48.5 Å². The molecule has 0 heterocycles. The van der Waals surface area contributed by atoms with Crippen LogP contribution in [-0.4, -0.2) is 12.9 Å². The van der Waals surface area contributed by atoms with Crippen molar-refractivity contribution >= 4 is 5.78 Å². The lowest BCUT2D eigenvalue weighted by Gasteiger charge is -2.26. The van der Waals surface area contributed by atoms with Crippen LogP contribution in [0.25, 0.3) is 0 Å². The molecule has 0 atom stereocenters. The number of carbonyl (C=O) groups excluding carboxylic acids is 1. The molecule has 0 aliphatic heterocycles. The van der Waals surface area contributed by atoms with Crippen molar-refractivity contribution < 1.29 is 9.53 Å². The fourth-order valence-corrected chi connectivity index (χ4v) is 2.74. The Balaban J connectivity index is 1.72. The predicted molar refractivity (Wildman–Crippen MR) is 84.1 cm³/mol. The molecule has 0 spiro atoms. The van der Waals surface area contributed by atoms with Gasteiger partial charge in [-0.1, -0.05) is 36.8 Å². The van der Waals surface area contributed by atoms with Gasteiger partial charge in [-0.3, -0.25) is 4.79 Å². The maximum atomic E-state index is 12.4. The van der Waals surface area contributed by atoms with Crippen molar-refractivity contribution in [3.8, 4) is 5.75 Å². The van der Waals surface area contributed by atoms with Crippen LogP contribution in [0.2, 0.25) is 0 Å². The van der Waals surface area contributed by atoms with Crippen LogP contribution >= 0.6 is 0 Å². The highest BCUT2D eigenvalue weighted by Crippen LogP contribution is 2.36. The Morgan fingerprint density at radius 2 is 1.90 bits per heavy atom. The average Bonchev–Trinajstić information content (AvgIpc) is 2.46. The summed E-state index contributed by atoms with van der Waals surface area (Å²) in [5, 5.41) is 0. The molecule has 0 N–H and O–H groups in total. The lowest BCUT2D eigenvalue weighted by atomic mass is 9.79. The summed E-state index contributed by atoms with van der Waals surface area (Å²) in [5.41, 5.74) is 3.17. The quantitative estimate of drug-likeness (QED) is 0.759. The Kier molecular flexibility index (Phi) is 4.05. The second-order valence-electron chi connectivity index (χ2n) is 5.70. The molecule has 2 heteroatoms. The standard InChI is InChI=1S/C19H20O2/c1-21-18-10-8-14(9-11-18)12-19(20)17-7-3-6-16(13-17)15-4-2-5-15/h3,6-11,13,15H,2,4-5,12H2,1H3. The van der Waals surface area contributed by atoms with Gasteiger partial charge in [0.25, 0.3) is 0 Å². The van der Waals surface area contributed by atoms with E-state index in [1.54, 1.807) is 7.11 Å². The van der Waals surface area contributed by atoms with Gasteiger partial charge in [0.15, 0.2) is 5.78 Å². The van der Waals surface area contributed by atoms with Gasteiger partial charge in [0, 0.05) is 12.0 Å². The minimum Gasteiger partial charge on any atom is -0.497 e. The fourth-order valence-electron chi connectivity index (χ4n) is 2.74. The monoisotopic (exact) mass is 280 g/mol. The zero-order valence-electron chi connectivity index (χ0n) is 12.3. The number of ketones is 1. The summed E-state index contributed by atoms with van der Waals surface area (Å²) in [5.74, 6) is 1.67. The van der Waals surface area contributed by atoms with Gasteiger partial charge in [-0.05, 0) is 48.1 Å². The number of methoxy groups -OCH3 is 1. The minimum absolute atomic E-state index is 0.182. The van der Waals surface area contributed by atoms with Gasteiger partial charge < -0.3 is 4.74 Å². The Labute approximate surface area is 125 Å². The normalized spacial score (nSPS) is 14.5. The van der Waals surface area contributed by atoms with Crippen molar-refractivity contribution in [1.82, 2.24) is 0 Å². The Morgan fingerprint density at radius 3 is 2.52 bits per heavy atom. The molecule has 2 aromatic rings. The number of ether oxygens (including phenoxy) is 1. The van der Waals surface area contributed by atoms with Crippen LogP contribution in [0.5, 0.6) is 5.75 Å². The lowest BCUT2D eigenvalue weighted by molar-refractivity contribution is 0.0993. The van der Waals surface area contributed by atoms with Gasteiger partial charge in [0.2, 0.25) is 0 Å². The predicted octanol–water partition coefficient (Wildman–Crippen LogP) is 4.39. The number of carbonyl (C=O) groups is 1. The largest absolute Gasteiger partial charge is 0.497 e. The highest BCUT2D eigenvalue weighted by Gasteiger charge is 2.20. The van der Waals surface area contributed by atoms with Crippen LogP contribution in [0.1, 0.15) is 46.7 Å². The molecule has 3 rings (SSSR count). The van der Waals surface area contributed by atoms with Crippen molar-refractivity contribution in [3.05, 3.63) is 65.2 Å². The van der Waals surface area contributed by atoms with E-state index < -0.39 is 0 Å². The molecule has 1 aliphatic carbocycles. The first-order valence-corrected chi connectivity index (χ1v) is 7.52. The molecule has 21 heavy (non-hydrogen) atoms. The third-order valence-corrected chi connectivity index (χ3v) is 4.31. The van der Waals surface area contributed by atoms with E-state index in [9.17, 15) is 4.79 Å². The molecule has 1 fully saturated rings. The van der Waals surface area contributed by atoms with Crippen molar-refractivity contribution in [2.75, 3.05) is 7.11 Å². The highest BCUT2D eigenvalue weighted by atomic mass is 16.5. The molecule has 0 radical (unpaired) electrons. The van der Waals surface area contributed by atoms with Gasteiger partial charge in [0.1, 0.15) is 5.75 Å². The Morgan fingerprint density at radius 1 is 1.14 bits per heavy atom. The number of hydrogen-bond acceptors (Lipinski definition) is 2. The molecular weight excluding hydrogens is 260 g/mol. The smallest absolute Gasteiger partial charge is 0.167 e. The van der Waals surface area contributed by atoms with E-state index in [0.29, 0.717) is 12.3 Å². The number of hydrogen-bond donors (Lipinski definition) is 0. The molecule has 0 bridgehead atoms. The van der Waals surface area contributed by atoms with Crippen LogP contribution in [-0.2, 0) is 6.42 Å². The summed E-state index contributed by atoms with van der Waals surface area (Å²) < 4.78 is 5.13. The lowest BCUT2D eigenvalue weighted by Crippen LogP contribution is -2.10. The van der Waals surface area contributed by atoms with E-state index in [4.69, 9.17) is 4.74 Å². The summed E-state index contributed by atoms with van der Waals surface area (Å²) >= 11 is 0. The maximum absolute atomic E-state index is 12.4. The van der Waals surface area contributed by atoms with Gasteiger partial charge in [-0.2, -0.15) is 0 Å². The number of Topliss-reactive ketones (excluding diaryl/α,β-unsaturated/α-hetero) is 1. The third-order valence-electron chi connectivity index (χ3n) is 4.31. The van der Waals surface area contributed by atoms with Crippen LogP contribution < -0.4 is 4.74 Å². The summed E-state index contributed by atoms with van der Waals surface area (Å²) in [6.07, 6.45) is 4.28. The molecule has 0 amide bonds. The van der Waals surface area contributed by atoms with Gasteiger partial charge in [0.05, 0.1) is 7.11 Å². The fraction of sp³-hybridized carbons (Fsp3) is 0.316. The first-order valence-electron chi connectivity index (χ1n) is 7.52. The van der Waals surface area contributed by atoms with E-state index in [2.05, 4.69) is 12.1 Å². The molecule has 0 unspecified atom stereocenters. The zero-order valence-corrected chi connectivity index (χ0v) is 12.3. The molecule has 0 aromatic heterocycles. The van der Waals surface area contributed by atoms with Crippen LogP contribution in [0.3, 0.4) is 0 Å². The molecule has 1 aliphatic rings. The third kappa shape index (κ3) is 3.15. The van der Waals surface area contributed by atoms with Crippen molar-refractivity contribution in [3.63, 3.8) is 0 Å². The van der Waals surface area contributed by atoms with E-state index in [1.807, 2.05) is 36.4 Å². The van der Waals surface area contributed by atoms with E-state index in [0.717, 1.165) is 16.9 Å². The second-order valence-corrected chi connectivity index (χ2v) is 5.70. The summed E-state index contributed by atoms with van der Waals surface area (Å²) in [6, 6.07) is 15.9. The van der Waals surface area contributed by atoms with Crippen molar-refractivity contribution in [2.24, 2.45) is 0 Å². The molecule has 2 aromatic carbocycles. The summed E-state index contributed by atoms with van der Waals surface area (Å²) in [4.78, 5) is 12.4. The molecule has 1 saturated carbocycles. The van der Waals surface area contributed by atoms with Gasteiger partial charge in [-0.25, -0.2) is 0 Å². The molecule has 2 nitrogen and oxygen atoms in total. The topological polar surface area (TPSA) is 26.3 Å². The number of benzene rings is 2. The molecule has 0 saturated heterocycles. The van der Waals surface area contributed by atoms with Crippen LogP contribution in [0.4, 0.5) is 0 Å². The Hall–Kier alpha value is -2.09.